The van der Waals surface area contributed by atoms with Gasteiger partial charge in [0.2, 0.25) is 0 Å². The van der Waals surface area contributed by atoms with E-state index < -0.39 is 10.8 Å². The van der Waals surface area contributed by atoms with Gasteiger partial charge in [-0.15, -0.1) is 0 Å². The lowest BCUT2D eigenvalue weighted by Gasteiger charge is -2.19. The van der Waals surface area contributed by atoms with E-state index in [1.807, 2.05) is 33.9 Å². The zero-order valence-electron chi connectivity index (χ0n) is 10.9. The Morgan fingerprint density at radius 2 is 2.06 bits per heavy atom. The highest BCUT2D eigenvalue weighted by Gasteiger charge is 2.21. The monoisotopic (exact) mass is 245 g/mol. The van der Waals surface area contributed by atoms with E-state index in [0.717, 1.165) is 12.1 Å². The zero-order valence-corrected chi connectivity index (χ0v) is 11.7. The van der Waals surface area contributed by atoms with Crippen LogP contribution in [0.4, 0.5) is 0 Å². The number of hydrogen-bond donors (Lipinski definition) is 1. The highest BCUT2D eigenvalue weighted by atomic mass is 32.2. The van der Waals surface area contributed by atoms with Crippen LogP contribution >= 0.6 is 0 Å². The molecule has 0 saturated heterocycles. The van der Waals surface area contributed by atoms with Crippen LogP contribution in [0.1, 0.15) is 20.8 Å². The molecule has 0 rings (SSSR count). The lowest BCUT2D eigenvalue weighted by atomic mass is 10.2. The summed E-state index contributed by atoms with van der Waals surface area (Å²) in [6.45, 7) is 10.4. The lowest BCUT2D eigenvalue weighted by Crippen LogP contribution is -2.25. The van der Waals surface area contributed by atoms with E-state index in [4.69, 9.17) is 4.74 Å². The molecule has 0 aliphatic rings. The topological polar surface area (TPSA) is 38.3 Å². The molecule has 3 nitrogen and oxygen atoms in total. The second-order valence-electron chi connectivity index (χ2n) is 4.52. The van der Waals surface area contributed by atoms with E-state index in [-0.39, 0.29) is 4.75 Å². The van der Waals surface area contributed by atoms with Gasteiger partial charge in [-0.1, -0.05) is 12.7 Å². The van der Waals surface area contributed by atoms with Crippen molar-refractivity contribution in [2.45, 2.75) is 25.5 Å². The minimum Gasteiger partial charge on any atom is -0.497 e. The van der Waals surface area contributed by atoms with E-state index in [1.54, 1.807) is 7.11 Å². The Kier molecular flexibility index (Phi) is 6.60. The van der Waals surface area contributed by atoms with Crippen LogP contribution in [0.3, 0.4) is 0 Å². The van der Waals surface area contributed by atoms with Crippen molar-refractivity contribution in [3.05, 3.63) is 24.0 Å². The summed E-state index contributed by atoms with van der Waals surface area (Å²) in [6.07, 6.45) is 1.97. The highest BCUT2D eigenvalue weighted by Crippen LogP contribution is 2.17. The van der Waals surface area contributed by atoms with Crippen molar-refractivity contribution in [2.24, 2.45) is 0 Å². The molecule has 0 heterocycles. The Labute approximate surface area is 101 Å². The van der Waals surface area contributed by atoms with Gasteiger partial charge in [-0.25, -0.2) is 0 Å². The SMILES string of the molecule is C=C(OC)/C(=C\CNC)CS(=O)C(C)(C)C. The molecule has 0 saturated carbocycles. The molecule has 16 heavy (non-hydrogen) atoms. The normalized spacial score (nSPS) is 14.7. The summed E-state index contributed by atoms with van der Waals surface area (Å²) in [5.74, 6) is 1.07. The molecule has 0 fully saturated rings. The van der Waals surface area contributed by atoms with Crippen molar-refractivity contribution in [3.63, 3.8) is 0 Å². The maximum absolute atomic E-state index is 12.0. The number of allylic oxidation sites excluding steroid dienone is 1. The first-order valence-corrected chi connectivity index (χ1v) is 6.60. The molecule has 0 bridgehead atoms. The highest BCUT2D eigenvalue weighted by molar-refractivity contribution is 7.86. The van der Waals surface area contributed by atoms with Crippen LogP contribution in [0.25, 0.3) is 0 Å². The molecule has 0 spiro atoms. The fourth-order valence-electron chi connectivity index (χ4n) is 0.967. The molecule has 0 radical (unpaired) electrons. The smallest absolute Gasteiger partial charge is 0.115 e. The number of nitrogens with one attached hydrogen (secondary N) is 1. The average Bonchev–Trinajstić information content (AvgIpc) is 2.21. The number of ether oxygens (including phenoxy) is 1. The van der Waals surface area contributed by atoms with Gasteiger partial charge in [-0.3, -0.25) is 4.21 Å². The number of rotatable bonds is 6. The van der Waals surface area contributed by atoms with Crippen LogP contribution in [0.5, 0.6) is 0 Å². The van der Waals surface area contributed by atoms with Gasteiger partial charge in [0, 0.05) is 27.7 Å². The number of methoxy groups -OCH3 is 1. The predicted octanol–water partition coefficient (Wildman–Crippen LogP) is 1.84. The fraction of sp³-hybridized carbons (Fsp3) is 0.667. The number of likely N-dealkylation sites (N-methyl/N-ethyl adjacent to an activating group) is 1. The third-order valence-corrected chi connectivity index (χ3v) is 4.07. The fourth-order valence-corrected chi connectivity index (χ4v) is 1.96. The minimum atomic E-state index is -0.930. The molecule has 1 unspecified atom stereocenters. The summed E-state index contributed by atoms with van der Waals surface area (Å²) in [7, 11) is 2.51. The van der Waals surface area contributed by atoms with Crippen molar-refractivity contribution in [2.75, 3.05) is 26.5 Å². The van der Waals surface area contributed by atoms with Crippen molar-refractivity contribution >= 4 is 10.8 Å². The molecular weight excluding hydrogens is 222 g/mol. The third kappa shape index (κ3) is 5.47. The molecule has 1 N–H and O–H groups in total. The summed E-state index contributed by atoms with van der Waals surface area (Å²) in [6, 6.07) is 0. The Bertz CT molecular complexity index is 290. The van der Waals surface area contributed by atoms with Crippen LogP contribution in [-0.4, -0.2) is 35.4 Å². The molecule has 0 aromatic rings. The van der Waals surface area contributed by atoms with Crippen molar-refractivity contribution in [1.29, 1.82) is 0 Å². The quantitative estimate of drug-likeness (QED) is 0.573. The van der Waals surface area contributed by atoms with Gasteiger partial charge in [0.25, 0.3) is 0 Å². The van der Waals surface area contributed by atoms with E-state index >= 15 is 0 Å². The van der Waals surface area contributed by atoms with Crippen LogP contribution < -0.4 is 5.32 Å². The minimum absolute atomic E-state index is 0.216. The molecule has 0 aliphatic carbocycles. The Morgan fingerprint density at radius 1 is 1.50 bits per heavy atom. The summed E-state index contributed by atoms with van der Waals surface area (Å²) in [5, 5.41) is 3.02. The van der Waals surface area contributed by atoms with E-state index in [1.165, 1.54) is 0 Å². The van der Waals surface area contributed by atoms with E-state index in [9.17, 15) is 4.21 Å². The van der Waals surface area contributed by atoms with Crippen LogP contribution in [0, 0.1) is 0 Å². The predicted molar refractivity (Wildman–Crippen MR) is 70.9 cm³/mol. The first kappa shape index (κ1) is 15.4. The van der Waals surface area contributed by atoms with Crippen molar-refractivity contribution in [3.8, 4) is 0 Å². The van der Waals surface area contributed by atoms with Gasteiger partial charge in [-0.2, -0.15) is 0 Å². The maximum atomic E-state index is 12.0. The van der Waals surface area contributed by atoms with Crippen LogP contribution in [-0.2, 0) is 15.5 Å². The second kappa shape index (κ2) is 6.86. The Hall–Kier alpha value is -0.610. The summed E-state index contributed by atoms with van der Waals surface area (Å²) in [5.41, 5.74) is 0.908. The van der Waals surface area contributed by atoms with Gasteiger partial charge in [0.15, 0.2) is 0 Å². The molecule has 0 aliphatic heterocycles. The Morgan fingerprint density at radius 3 is 2.44 bits per heavy atom. The van der Waals surface area contributed by atoms with Crippen molar-refractivity contribution in [1.82, 2.24) is 5.32 Å². The van der Waals surface area contributed by atoms with Gasteiger partial charge in [-0.05, 0) is 27.8 Å². The average molecular weight is 245 g/mol. The van der Waals surface area contributed by atoms with Gasteiger partial charge >= 0.3 is 0 Å². The number of hydrogen-bond acceptors (Lipinski definition) is 3. The molecule has 0 amide bonds. The Balaban J connectivity index is 4.69. The molecule has 0 aromatic heterocycles. The molecule has 1 atom stereocenters. The first-order valence-electron chi connectivity index (χ1n) is 5.28. The van der Waals surface area contributed by atoms with Crippen molar-refractivity contribution < 1.29 is 8.95 Å². The van der Waals surface area contributed by atoms with E-state index in [2.05, 4.69) is 11.9 Å². The lowest BCUT2D eigenvalue weighted by molar-refractivity contribution is 0.302. The summed E-state index contributed by atoms with van der Waals surface area (Å²) >= 11 is 0. The van der Waals surface area contributed by atoms with Gasteiger partial charge in [0.1, 0.15) is 5.76 Å². The molecule has 4 heteroatoms. The molecule has 94 valence electrons. The van der Waals surface area contributed by atoms with Gasteiger partial charge in [0.05, 0.1) is 12.9 Å². The maximum Gasteiger partial charge on any atom is 0.115 e. The summed E-state index contributed by atoms with van der Waals surface area (Å²) < 4.78 is 16.9. The zero-order chi connectivity index (χ0) is 12.8. The standard InChI is InChI=1S/C12H23NO2S/c1-10(15-6)11(7-8-13-5)9-16(14)12(2,3)4/h7,13H,1,8-9H2,2-6H3/b11-7-. The van der Waals surface area contributed by atoms with Crippen LogP contribution in [0.15, 0.2) is 24.0 Å². The second-order valence-corrected chi connectivity index (χ2v) is 6.72. The van der Waals surface area contributed by atoms with Crippen LogP contribution in [0.2, 0.25) is 0 Å². The summed E-state index contributed by atoms with van der Waals surface area (Å²) in [4.78, 5) is 0. The first-order chi connectivity index (χ1) is 7.32. The van der Waals surface area contributed by atoms with E-state index in [0.29, 0.717) is 11.5 Å². The molecule has 0 aromatic carbocycles. The van der Waals surface area contributed by atoms with Gasteiger partial charge < -0.3 is 10.1 Å². The largest absolute Gasteiger partial charge is 0.497 e. The molecular formula is C12H23NO2S. The third-order valence-electron chi connectivity index (χ3n) is 2.13.